The number of carboxylic acid groups (broad SMARTS) is 1. The van der Waals surface area contributed by atoms with E-state index in [0.29, 0.717) is 17.1 Å². The van der Waals surface area contributed by atoms with Crippen molar-refractivity contribution < 1.29 is 14.7 Å². The highest BCUT2D eigenvalue weighted by Crippen LogP contribution is 2.10. The number of nitrogens with zero attached hydrogens (tertiary/aromatic N) is 2. The van der Waals surface area contributed by atoms with E-state index in [9.17, 15) is 14.4 Å². The number of amides is 1. The lowest BCUT2D eigenvalue weighted by atomic mass is 10.2. The third-order valence-corrected chi connectivity index (χ3v) is 3.04. The first-order chi connectivity index (χ1) is 10.4. The van der Waals surface area contributed by atoms with Gasteiger partial charge in [-0.3, -0.25) is 9.36 Å². The average molecular weight is 301 g/mol. The molecule has 22 heavy (non-hydrogen) atoms. The zero-order valence-electron chi connectivity index (χ0n) is 12.2. The molecule has 0 spiro atoms. The number of carbonyl (C=O) groups excluding carboxylic acids is 1. The summed E-state index contributed by atoms with van der Waals surface area (Å²) in [5.74, 6) is -1.51. The fraction of sp³-hybridized carbons (Fsp3) is 0.200. The summed E-state index contributed by atoms with van der Waals surface area (Å²) in [6.07, 6.45) is 0. The monoisotopic (exact) mass is 301 g/mol. The van der Waals surface area contributed by atoms with Gasteiger partial charge in [0.25, 0.3) is 0 Å². The third-order valence-electron chi connectivity index (χ3n) is 3.04. The molecule has 7 nitrogen and oxygen atoms in total. The third kappa shape index (κ3) is 3.57. The normalized spacial score (nSPS) is 10.3. The Morgan fingerprint density at radius 2 is 2.00 bits per heavy atom. The molecule has 7 heteroatoms. The Balaban J connectivity index is 2.16. The van der Waals surface area contributed by atoms with Crippen molar-refractivity contribution in [3.63, 3.8) is 0 Å². The molecule has 2 rings (SSSR count). The van der Waals surface area contributed by atoms with Gasteiger partial charge in [0.05, 0.1) is 5.56 Å². The molecule has 0 aliphatic rings. The van der Waals surface area contributed by atoms with Crippen molar-refractivity contribution in [3.8, 4) is 0 Å². The molecule has 0 saturated carbocycles. The van der Waals surface area contributed by atoms with Crippen LogP contribution < -0.4 is 11.0 Å². The average Bonchev–Trinajstić information content (AvgIpc) is 2.43. The smallest absolute Gasteiger partial charge is 0.348 e. The molecule has 1 amide bonds. The summed E-state index contributed by atoms with van der Waals surface area (Å²) in [5.41, 5.74) is 1.16. The fourth-order valence-corrected chi connectivity index (χ4v) is 2.04. The van der Waals surface area contributed by atoms with Crippen molar-refractivity contribution in [2.45, 2.75) is 20.4 Å². The maximum atomic E-state index is 12.0. The number of rotatable bonds is 4. The summed E-state index contributed by atoms with van der Waals surface area (Å²) in [6, 6.07) is 7.59. The predicted molar refractivity (Wildman–Crippen MR) is 80.0 cm³/mol. The van der Waals surface area contributed by atoms with Crippen LogP contribution in [0, 0.1) is 13.8 Å². The van der Waals surface area contributed by atoms with Crippen LogP contribution in [-0.4, -0.2) is 26.5 Å². The minimum atomic E-state index is -1.08. The molecule has 0 saturated heterocycles. The number of aromatic carboxylic acids is 1. The minimum Gasteiger partial charge on any atom is -0.478 e. The van der Waals surface area contributed by atoms with Crippen molar-refractivity contribution in [3.05, 3.63) is 57.8 Å². The molecular weight excluding hydrogens is 286 g/mol. The van der Waals surface area contributed by atoms with Crippen LogP contribution in [0.4, 0.5) is 5.69 Å². The topological polar surface area (TPSA) is 101 Å². The van der Waals surface area contributed by atoms with Crippen molar-refractivity contribution in [1.29, 1.82) is 0 Å². The van der Waals surface area contributed by atoms with Crippen LogP contribution in [0.5, 0.6) is 0 Å². The van der Waals surface area contributed by atoms with Crippen LogP contribution in [0.2, 0.25) is 0 Å². The van der Waals surface area contributed by atoms with Crippen LogP contribution in [0.15, 0.2) is 35.1 Å². The number of aryl methyl sites for hydroxylation is 2. The van der Waals surface area contributed by atoms with Crippen molar-refractivity contribution in [2.24, 2.45) is 0 Å². The van der Waals surface area contributed by atoms with E-state index < -0.39 is 17.6 Å². The van der Waals surface area contributed by atoms with Crippen LogP contribution >= 0.6 is 0 Å². The SMILES string of the molecule is Cc1cc(C)n(CC(=O)Nc2cccc(C(=O)O)c2)c(=O)n1. The Morgan fingerprint density at radius 3 is 2.64 bits per heavy atom. The Morgan fingerprint density at radius 1 is 1.27 bits per heavy atom. The number of aromatic nitrogens is 2. The van der Waals surface area contributed by atoms with Crippen molar-refractivity contribution in [2.75, 3.05) is 5.32 Å². The van der Waals surface area contributed by atoms with Crippen LogP contribution in [0.25, 0.3) is 0 Å². The molecule has 2 aromatic rings. The second-order valence-electron chi connectivity index (χ2n) is 4.84. The first-order valence-electron chi connectivity index (χ1n) is 6.55. The predicted octanol–water partition coefficient (Wildman–Crippen LogP) is 1.20. The second kappa shape index (κ2) is 6.21. The maximum absolute atomic E-state index is 12.0. The van der Waals surface area contributed by atoms with Gasteiger partial charge in [-0.05, 0) is 38.1 Å². The quantitative estimate of drug-likeness (QED) is 0.883. The second-order valence-corrected chi connectivity index (χ2v) is 4.84. The summed E-state index contributed by atoms with van der Waals surface area (Å²) in [4.78, 5) is 38.5. The minimum absolute atomic E-state index is 0.0724. The van der Waals surface area contributed by atoms with Gasteiger partial charge in [-0.15, -0.1) is 0 Å². The maximum Gasteiger partial charge on any atom is 0.348 e. The Kier molecular flexibility index (Phi) is 4.36. The molecule has 0 bridgehead atoms. The number of hydrogen-bond acceptors (Lipinski definition) is 4. The molecule has 2 N–H and O–H groups in total. The van der Waals surface area contributed by atoms with E-state index in [2.05, 4.69) is 10.3 Å². The van der Waals surface area contributed by atoms with Gasteiger partial charge in [-0.1, -0.05) is 6.07 Å². The summed E-state index contributed by atoms with van der Waals surface area (Å²) >= 11 is 0. The molecular formula is C15H15N3O4. The zero-order valence-corrected chi connectivity index (χ0v) is 12.2. The van der Waals surface area contributed by atoms with Gasteiger partial charge >= 0.3 is 11.7 Å². The van der Waals surface area contributed by atoms with Crippen molar-refractivity contribution in [1.82, 2.24) is 9.55 Å². The number of anilines is 1. The summed E-state index contributed by atoms with van der Waals surface area (Å²) < 4.78 is 1.25. The number of benzene rings is 1. The summed E-state index contributed by atoms with van der Waals surface area (Å²) in [5, 5.41) is 11.5. The Hall–Kier alpha value is -2.96. The molecule has 0 radical (unpaired) electrons. The zero-order chi connectivity index (χ0) is 16.3. The van der Waals surface area contributed by atoms with Gasteiger partial charge in [0, 0.05) is 17.1 Å². The van der Waals surface area contributed by atoms with E-state index in [1.165, 1.54) is 22.8 Å². The largest absolute Gasteiger partial charge is 0.478 e. The fourth-order valence-electron chi connectivity index (χ4n) is 2.04. The Bertz CT molecular complexity index is 796. The molecule has 114 valence electrons. The lowest BCUT2D eigenvalue weighted by molar-refractivity contribution is -0.116. The van der Waals surface area contributed by atoms with Crippen LogP contribution in [-0.2, 0) is 11.3 Å². The van der Waals surface area contributed by atoms with E-state index in [0.717, 1.165) is 0 Å². The van der Waals surface area contributed by atoms with E-state index in [-0.39, 0.29) is 12.1 Å². The lowest BCUT2D eigenvalue weighted by Crippen LogP contribution is -2.31. The number of hydrogen-bond donors (Lipinski definition) is 2. The van der Waals surface area contributed by atoms with E-state index >= 15 is 0 Å². The lowest BCUT2D eigenvalue weighted by Gasteiger charge is -2.10. The molecule has 0 unspecified atom stereocenters. The number of carbonyl (C=O) groups is 2. The van der Waals surface area contributed by atoms with Gasteiger partial charge in [0.1, 0.15) is 6.54 Å². The molecule has 1 aromatic carbocycles. The Labute approximate surface area is 126 Å². The summed E-state index contributed by atoms with van der Waals surface area (Å²) in [6.45, 7) is 3.24. The van der Waals surface area contributed by atoms with E-state index in [1.807, 2.05) is 0 Å². The van der Waals surface area contributed by atoms with Crippen molar-refractivity contribution >= 4 is 17.6 Å². The molecule has 1 aromatic heterocycles. The van der Waals surface area contributed by atoms with Crippen LogP contribution in [0.3, 0.4) is 0 Å². The molecule has 1 heterocycles. The standard InChI is InChI=1S/C15H15N3O4/c1-9-6-10(2)18(15(22)16-9)8-13(19)17-12-5-3-4-11(7-12)14(20)21/h3-7H,8H2,1-2H3,(H,17,19)(H,20,21). The molecule has 0 fully saturated rings. The van der Waals surface area contributed by atoms with E-state index in [4.69, 9.17) is 5.11 Å². The van der Waals surface area contributed by atoms with Gasteiger partial charge in [0.15, 0.2) is 0 Å². The van der Waals surface area contributed by atoms with Gasteiger partial charge < -0.3 is 10.4 Å². The van der Waals surface area contributed by atoms with Gasteiger partial charge in [0.2, 0.25) is 5.91 Å². The van der Waals surface area contributed by atoms with Gasteiger partial charge in [-0.2, -0.15) is 4.98 Å². The van der Waals surface area contributed by atoms with E-state index in [1.54, 1.807) is 26.0 Å². The first-order valence-corrected chi connectivity index (χ1v) is 6.55. The highest BCUT2D eigenvalue weighted by atomic mass is 16.4. The highest BCUT2D eigenvalue weighted by Gasteiger charge is 2.10. The number of carboxylic acids is 1. The molecule has 0 atom stereocenters. The number of nitrogens with one attached hydrogen (secondary N) is 1. The first kappa shape index (κ1) is 15.4. The van der Waals surface area contributed by atoms with Gasteiger partial charge in [-0.25, -0.2) is 9.59 Å². The molecule has 0 aliphatic carbocycles. The summed E-state index contributed by atoms with van der Waals surface area (Å²) in [7, 11) is 0. The molecule has 0 aliphatic heterocycles. The highest BCUT2D eigenvalue weighted by molar-refractivity contribution is 5.93. The van der Waals surface area contributed by atoms with Crippen LogP contribution in [0.1, 0.15) is 21.7 Å².